The molecule has 0 unspecified atom stereocenters. The van der Waals surface area contributed by atoms with Gasteiger partial charge in [0.25, 0.3) is 0 Å². The number of likely N-dealkylation sites (tertiary alicyclic amines) is 1. The summed E-state index contributed by atoms with van der Waals surface area (Å²) in [5.74, 6) is -2.47. The van der Waals surface area contributed by atoms with E-state index in [0.29, 0.717) is 12.8 Å². The van der Waals surface area contributed by atoms with Gasteiger partial charge < -0.3 is 20.1 Å². The first-order valence-electron chi connectivity index (χ1n) is 9.97. The zero-order chi connectivity index (χ0) is 21.8. The summed E-state index contributed by atoms with van der Waals surface area (Å²) in [6.07, 6.45) is 4.69. The molecule has 30 heavy (non-hydrogen) atoms. The van der Waals surface area contributed by atoms with Crippen LogP contribution in [0, 0.1) is 11.8 Å². The van der Waals surface area contributed by atoms with Crippen LogP contribution in [0.3, 0.4) is 0 Å². The Morgan fingerprint density at radius 1 is 1.10 bits per heavy atom. The summed E-state index contributed by atoms with van der Waals surface area (Å²) in [5, 5.41) is 5.01. The van der Waals surface area contributed by atoms with Gasteiger partial charge in [-0.2, -0.15) is 0 Å². The van der Waals surface area contributed by atoms with Crippen molar-refractivity contribution in [2.75, 3.05) is 19.8 Å². The van der Waals surface area contributed by atoms with Gasteiger partial charge in [-0.1, -0.05) is 12.2 Å². The molecule has 0 radical (unpaired) electrons. The first kappa shape index (κ1) is 21.5. The molecule has 1 fully saturated rings. The highest BCUT2D eigenvalue weighted by Crippen LogP contribution is 2.35. The molecule has 4 amide bonds. The Bertz CT molecular complexity index is 806. The van der Waals surface area contributed by atoms with E-state index in [1.807, 2.05) is 12.2 Å². The zero-order valence-corrected chi connectivity index (χ0v) is 16.9. The van der Waals surface area contributed by atoms with E-state index in [4.69, 9.17) is 9.47 Å². The van der Waals surface area contributed by atoms with Crippen LogP contribution >= 0.6 is 0 Å². The maximum atomic E-state index is 12.4. The molecular weight excluding hydrogens is 394 g/mol. The Hall–Kier alpha value is -3.17. The Balaban J connectivity index is 1.57. The predicted octanol–water partition coefficient (Wildman–Crippen LogP) is 0.389. The van der Waals surface area contributed by atoms with Crippen LogP contribution in [-0.2, 0) is 28.7 Å². The van der Waals surface area contributed by atoms with Crippen molar-refractivity contribution in [3.8, 4) is 0 Å². The van der Waals surface area contributed by atoms with E-state index in [1.165, 1.54) is 0 Å². The normalized spacial score (nSPS) is 25.6. The minimum Gasteiger partial charge on any atom is -0.463 e. The molecule has 10 heteroatoms. The van der Waals surface area contributed by atoms with Crippen LogP contribution in [0.25, 0.3) is 0 Å². The van der Waals surface area contributed by atoms with E-state index in [0.717, 1.165) is 4.90 Å². The van der Waals surface area contributed by atoms with Gasteiger partial charge in [-0.15, -0.1) is 0 Å². The average molecular weight is 419 g/mol. The summed E-state index contributed by atoms with van der Waals surface area (Å²) in [4.78, 5) is 62.0. The van der Waals surface area contributed by atoms with E-state index in [-0.39, 0.29) is 61.1 Å². The fourth-order valence-corrected chi connectivity index (χ4v) is 3.91. The fourth-order valence-electron chi connectivity index (χ4n) is 3.91. The maximum Gasteiger partial charge on any atom is 0.338 e. The number of nitrogens with zero attached hydrogens (tertiary/aromatic N) is 1. The second kappa shape index (κ2) is 9.10. The number of hydrogen-bond acceptors (Lipinski definition) is 7. The van der Waals surface area contributed by atoms with E-state index in [2.05, 4.69) is 10.6 Å². The van der Waals surface area contributed by atoms with E-state index in [9.17, 15) is 24.0 Å². The van der Waals surface area contributed by atoms with E-state index < -0.39 is 24.0 Å². The van der Waals surface area contributed by atoms with Gasteiger partial charge in [0.15, 0.2) is 0 Å². The van der Waals surface area contributed by atoms with Gasteiger partial charge in [0, 0.05) is 6.54 Å². The number of amides is 4. The lowest BCUT2D eigenvalue weighted by molar-refractivity contribution is -0.146. The van der Waals surface area contributed by atoms with Crippen molar-refractivity contribution in [1.29, 1.82) is 0 Å². The minimum atomic E-state index is -0.653. The van der Waals surface area contributed by atoms with Gasteiger partial charge in [0.2, 0.25) is 11.8 Å². The minimum absolute atomic E-state index is 0.0579. The number of ether oxygens (including phenoxy) is 2. The monoisotopic (exact) mass is 419 g/mol. The molecule has 2 heterocycles. The van der Waals surface area contributed by atoms with Crippen molar-refractivity contribution in [3.63, 3.8) is 0 Å². The van der Waals surface area contributed by atoms with Crippen LogP contribution in [0.5, 0.6) is 0 Å². The molecule has 0 spiro atoms. The van der Waals surface area contributed by atoms with Gasteiger partial charge >= 0.3 is 18.0 Å². The quantitative estimate of drug-likeness (QED) is 0.347. The number of nitrogens with one attached hydrogen (secondary N) is 2. The molecule has 0 aromatic carbocycles. The summed E-state index contributed by atoms with van der Waals surface area (Å²) in [6, 6.07) is -1.13. The molecular formula is C20H25N3O7. The highest BCUT2D eigenvalue weighted by atomic mass is 16.5. The van der Waals surface area contributed by atoms with Gasteiger partial charge in [0.05, 0.1) is 42.2 Å². The molecule has 3 aliphatic rings. The van der Waals surface area contributed by atoms with Crippen LogP contribution in [0.4, 0.5) is 4.79 Å². The second-order valence-electron chi connectivity index (χ2n) is 7.33. The maximum absolute atomic E-state index is 12.4. The lowest BCUT2D eigenvalue weighted by Crippen LogP contribution is -2.50. The van der Waals surface area contributed by atoms with Crippen molar-refractivity contribution in [1.82, 2.24) is 15.5 Å². The standard InChI is InChI=1S/C20H25N3O7/c1-3-29-19(27)16-11(2)21-20(28)22-14(16)10-30-15(24)8-9-23-17(25)12-6-4-5-7-13(12)18(23)26/h4-5,11-13H,3,6-10H2,1-2H3,(H2,21,22,28)/t11-,12-,13+/m1/s1. The van der Waals surface area contributed by atoms with Gasteiger partial charge in [-0.3, -0.25) is 19.3 Å². The van der Waals surface area contributed by atoms with Crippen LogP contribution in [0.15, 0.2) is 23.4 Å². The molecule has 2 N–H and O–H groups in total. The second-order valence-corrected chi connectivity index (χ2v) is 7.33. The van der Waals surface area contributed by atoms with Crippen molar-refractivity contribution in [2.24, 2.45) is 11.8 Å². The smallest absolute Gasteiger partial charge is 0.338 e. The molecule has 162 valence electrons. The summed E-state index contributed by atoms with van der Waals surface area (Å²) in [6.45, 7) is 3.04. The first-order valence-corrected chi connectivity index (χ1v) is 9.97. The Labute approximate surface area is 173 Å². The first-order chi connectivity index (χ1) is 14.3. The zero-order valence-electron chi connectivity index (χ0n) is 16.9. The van der Waals surface area contributed by atoms with Gasteiger partial charge in [-0.05, 0) is 26.7 Å². The van der Waals surface area contributed by atoms with Crippen molar-refractivity contribution in [2.45, 2.75) is 39.2 Å². The number of urea groups is 1. The third kappa shape index (κ3) is 4.37. The molecule has 2 aliphatic heterocycles. The number of carbonyl (C=O) groups is 5. The molecule has 0 aromatic rings. The number of hydrogen-bond donors (Lipinski definition) is 2. The van der Waals surface area contributed by atoms with E-state index >= 15 is 0 Å². The van der Waals surface area contributed by atoms with Crippen molar-refractivity contribution in [3.05, 3.63) is 23.4 Å². The number of imide groups is 1. The molecule has 1 saturated heterocycles. The molecule has 1 aliphatic carbocycles. The Morgan fingerprint density at radius 3 is 2.33 bits per heavy atom. The largest absolute Gasteiger partial charge is 0.463 e. The van der Waals surface area contributed by atoms with Crippen molar-refractivity contribution >= 4 is 29.8 Å². The average Bonchev–Trinajstić information content (AvgIpc) is 2.95. The fraction of sp³-hybridized carbons (Fsp3) is 0.550. The number of fused-ring (bicyclic) bond motifs is 1. The topological polar surface area (TPSA) is 131 Å². The van der Waals surface area contributed by atoms with Gasteiger partial charge in [-0.25, -0.2) is 9.59 Å². The Morgan fingerprint density at radius 2 is 1.73 bits per heavy atom. The SMILES string of the molecule is CCOC(=O)C1=C(COC(=O)CCN2C(=O)[C@H]3CC=CC[C@H]3C2=O)NC(=O)N[C@@H]1C. The summed E-state index contributed by atoms with van der Waals surface area (Å²) >= 11 is 0. The van der Waals surface area contributed by atoms with Crippen LogP contribution < -0.4 is 10.6 Å². The number of esters is 2. The third-order valence-electron chi connectivity index (χ3n) is 5.38. The number of rotatable bonds is 7. The van der Waals surface area contributed by atoms with E-state index in [1.54, 1.807) is 13.8 Å². The highest BCUT2D eigenvalue weighted by molar-refractivity contribution is 6.05. The summed E-state index contributed by atoms with van der Waals surface area (Å²) < 4.78 is 10.2. The molecule has 3 rings (SSSR count). The third-order valence-corrected chi connectivity index (χ3v) is 5.38. The van der Waals surface area contributed by atoms with Gasteiger partial charge in [0.1, 0.15) is 6.61 Å². The number of allylic oxidation sites excluding steroid dienone is 2. The molecule has 3 atom stereocenters. The molecule has 10 nitrogen and oxygen atoms in total. The molecule has 0 saturated carbocycles. The molecule has 0 bridgehead atoms. The lowest BCUT2D eigenvalue weighted by atomic mass is 9.85. The molecule has 0 aromatic heterocycles. The predicted molar refractivity (Wildman–Crippen MR) is 102 cm³/mol. The van der Waals surface area contributed by atoms with Crippen molar-refractivity contribution < 1.29 is 33.4 Å². The van der Waals surface area contributed by atoms with Crippen LogP contribution in [-0.4, -0.2) is 60.5 Å². The summed E-state index contributed by atoms with van der Waals surface area (Å²) in [5.41, 5.74) is 0.314. The van der Waals surface area contributed by atoms with Crippen LogP contribution in [0.2, 0.25) is 0 Å². The lowest BCUT2D eigenvalue weighted by Gasteiger charge is -2.26. The Kier molecular flexibility index (Phi) is 6.53. The highest BCUT2D eigenvalue weighted by Gasteiger charge is 2.47. The number of carbonyl (C=O) groups excluding carboxylic acids is 5. The van der Waals surface area contributed by atoms with Crippen LogP contribution in [0.1, 0.15) is 33.1 Å². The summed E-state index contributed by atoms with van der Waals surface area (Å²) in [7, 11) is 0.